The van der Waals surface area contributed by atoms with Crippen molar-refractivity contribution in [2.45, 2.75) is 26.1 Å². The van der Waals surface area contributed by atoms with Gasteiger partial charge in [0.15, 0.2) is 0 Å². The Morgan fingerprint density at radius 3 is 2.22 bits per heavy atom. The zero-order chi connectivity index (χ0) is 7.44. The van der Waals surface area contributed by atoms with Gasteiger partial charge in [-0.1, -0.05) is 19.4 Å². The van der Waals surface area contributed by atoms with Crippen molar-refractivity contribution in [3.05, 3.63) is 12.2 Å². The van der Waals surface area contributed by atoms with Gasteiger partial charge in [0.1, 0.15) is 0 Å². The summed E-state index contributed by atoms with van der Waals surface area (Å²) < 4.78 is 0. The molecule has 0 heterocycles. The molecule has 9 heavy (non-hydrogen) atoms. The van der Waals surface area contributed by atoms with Crippen LogP contribution in [0.1, 0.15) is 20.3 Å². The van der Waals surface area contributed by atoms with Gasteiger partial charge in [0, 0.05) is 5.82 Å². The summed E-state index contributed by atoms with van der Waals surface area (Å²) in [4.78, 5) is 0. The van der Waals surface area contributed by atoms with E-state index in [1.165, 1.54) is 0 Å². The Bertz CT molecular complexity index is 101. The Morgan fingerprint density at radius 2 is 2.11 bits per heavy atom. The monoisotopic (exact) mass is 128 g/mol. The molecule has 0 aromatic carbocycles. The third kappa shape index (κ3) is 2.68. The summed E-state index contributed by atoms with van der Waals surface area (Å²) >= 11 is 0. The minimum absolute atomic E-state index is 0.199. The van der Waals surface area contributed by atoms with E-state index in [4.69, 9.17) is 10.0 Å². The summed E-state index contributed by atoms with van der Waals surface area (Å²) in [7, 11) is -1.25. The molecule has 0 bridgehead atoms. The number of hydrogen-bond donors (Lipinski definition) is 2. The highest BCUT2D eigenvalue weighted by Crippen LogP contribution is 2.18. The van der Waals surface area contributed by atoms with E-state index in [0.717, 1.165) is 12.0 Å². The predicted octanol–water partition coefficient (Wildman–Crippen LogP) is 0.815. The maximum absolute atomic E-state index is 8.62. The van der Waals surface area contributed by atoms with Crippen LogP contribution in [-0.2, 0) is 0 Å². The van der Waals surface area contributed by atoms with Gasteiger partial charge in [-0.25, -0.2) is 0 Å². The molecule has 3 heteroatoms. The number of allylic oxidation sites excluding steroid dienone is 1. The van der Waals surface area contributed by atoms with Crippen LogP contribution in [0, 0.1) is 0 Å². The van der Waals surface area contributed by atoms with Crippen LogP contribution >= 0.6 is 0 Å². The summed E-state index contributed by atoms with van der Waals surface area (Å²) in [6, 6.07) is 0. The largest absolute Gasteiger partial charge is 0.458 e. The molecule has 0 rings (SSSR count). The Morgan fingerprint density at radius 1 is 1.67 bits per heavy atom. The third-order valence-electron chi connectivity index (χ3n) is 1.55. The van der Waals surface area contributed by atoms with E-state index in [-0.39, 0.29) is 5.82 Å². The van der Waals surface area contributed by atoms with Gasteiger partial charge in [0.05, 0.1) is 0 Å². The molecular formula is C6H13BO2. The quantitative estimate of drug-likeness (QED) is 0.436. The van der Waals surface area contributed by atoms with Crippen molar-refractivity contribution in [1.29, 1.82) is 0 Å². The predicted molar refractivity (Wildman–Crippen MR) is 39.0 cm³/mol. The van der Waals surface area contributed by atoms with Crippen molar-refractivity contribution in [3.63, 3.8) is 0 Å². The van der Waals surface area contributed by atoms with Gasteiger partial charge in [-0.15, -0.1) is 6.58 Å². The summed E-state index contributed by atoms with van der Waals surface area (Å²) in [5, 5.41) is 17.2. The lowest BCUT2D eigenvalue weighted by molar-refractivity contribution is 0.394. The molecule has 1 atom stereocenters. The Labute approximate surface area is 56.4 Å². The molecule has 0 amide bonds. The average Bonchev–Trinajstić information content (AvgIpc) is 1.84. The molecule has 0 aliphatic rings. The normalized spacial score (nSPS) is 12.9. The molecule has 0 saturated carbocycles. The van der Waals surface area contributed by atoms with Crippen molar-refractivity contribution < 1.29 is 10.0 Å². The minimum Gasteiger partial charge on any atom is -0.427 e. The first-order valence-electron chi connectivity index (χ1n) is 3.13. The second-order valence-electron chi connectivity index (χ2n) is 2.21. The number of rotatable bonds is 3. The highest BCUT2D eigenvalue weighted by Gasteiger charge is 2.19. The van der Waals surface area contributed by atoms with Crippen LogP contribution in [0.25, 0.3) is 0 Å². The van der Waals surface area contributed by atoms with Gasteiger partial charge in [0.25, 0.3) is 0 Å². The maximum Gasteiger partial charge on any atom is 0.458 e. The van der Waals surface area contributed by atoms with Crippen LogP contribution in [0.3, 0.4) is 0 Å². The van der Waals surface area contributed by atoms with Gasteiger partial charge in [-0.2, -0.15) is 0 Å². The van der Waals surface area contributed by atoms with Gasteiger partial charge < -0.3 is 10.0 Å². The molecule has 52 valence electrons. The first kappa shape index (κ1) is 8.72. The topological polar surface area (TPSA) is 40.5 Å². The summed E-state index contributed by atoms with van der Waals surface area (Å²) in [6.07, 6.45) is 0.804. The standard InChI is InChI=1S/C6H13BO2/c1-4-5(2)6(3)7(8)9/h6,8-9H,2,4H2,1,3H3. The van der Waals surface area contributed by atoms with Gasteiger partial charge >= 0.3 is 7.12 Å². The highest BCUT2D eigenvalue weighted by molar-refractivity contribution is 6.44. The molecule has 0 fully saturated rings. The zero-order valence-corrected chi connectivity index (χ0v) is 5.96. The highest BCUT2D eigenvalue weighted by atomic mass is 16.4. The van der Waals surface area contributed by atoms with Crippen molar-refractivity contribution in [3.8, 4) is 0 Å². The summed E-state index contributed by atoms with van der Waals surface area (Å²) in [6.45, 7) is 7.37. The van der Waals surface area contributed by atoms with E-state index >= 15 is 0 Å². The molecule has 1 unspecified atom stereocenters. The van der Waals surface area contributed by atoms with Crippen LogP contribution in [0.15, 0.2) is 12.2 Å². The fraction of sp³-hybridized carbons (Fsp3) is 0.667. The van der Waals surface area contributed by atoms with Gasteiger partial charge in [-0.3, -0.25) is 0 Å². The fourth-order valence-corrected chi connectivity index (χ4v) is 0.533. The Hall–Kier alpha value is -0.275. The van der Waals surface area contributed by atoms with Crippen LogP contribution in [0.2, 0.25) is 5.82 Å². The van der Waals surface area contributed by atoms with Gasteiger partial charge in [-0.05, 0) is 6.42 Å². The van der Waals surface area contributed by atoms with Crippen molar-refractivity contribution in [2.75, 3.05) is 0 Å². The Kier molecular flexibility index (Phi) is 3.58. The van der Waals surface area contributed by atoms with Crippen molar-refractivity contribution in [1.82, 2.24) is 0 Å². The van der Waals surface area contributed by atoms with E-state index in [9.17, 15) is 0 Å². The second-order valence-corrected chi connectivity index (χ2v) is 2.21. The third-order valence-corrected chi connectivity index (χ3v) is 1.55. The molecule has 0 spiro atoms. The van der Waals surface area contributed by atoms with E-state index in [1.807, 2.05) is 6.92 Å². The summed E-state index contributed by atoms with van der Waals surface area (Å²) in [5.74, 6) is -0.199. The molecular weight excluding hydrogens is 115 g/mol. The van der Waals surface area contributed by atoms with Crippen LogP contribution in [0.4, 0.5) is 0 Å². The van der Waals surface area contributed by atoms with Crippen molar-refractivity contribution in [2.24, 2.45) is 0 Å². The average molecular weight is 128 g/mol. The van der Waals surface area contributed by atoms with E-state index in [2.05, 4.69) is 6.58 Å². The van der Waals surface area contributed by atoms with Crippen LogP contribution in [0.5, 0.6) is 0 Å². The fourth-order valence-electron chi connectivity index (χ4n) is 0.533. The molecule has 0 saturated heterocycles. The molecule has 0 aromatic heterocycles. The summed E-state index contributed by atoms with van der Waals surface area (Å²) in [5.41, 5.74) is 0.880. The first-order chi connectivity index (χ1) is 4.09. The van der Waals surface area contributed by atoms with Gasteiger partial charge in [0.2, 0.25) is 0 Å². The Balaban J connectivity index is 3.72. The van der Waals surface area contributed by atoms with E-state index in [0.29, 0.717) is 0 Å². The molecule has 0 aliphatic carbocycles. The smallest absolute Gasteiger partial charge is 0.427 e. The lowest BCUT2D eigenvalue weighted by Crippen LogP contribution is -2.18. The minimum atomic E-state index is -1.25. The number of hydrogen-bond acceptors (Lipinski definition) is 2. The zero-order valence-electron chi connectivity index (χ0n) is 5.96. The maximum atomic E-state index is 8.62. The lowest BCUT2D eigenvalue weighted by atomic mass is 9.69. The van der Waals surface area contributed by atoms with E-state index < -0.39 is 7.12 Å². The van der Waals surface area contributed by atoms with Crippen LogP contribution in [-0.4, -0.2) is 17.2 Å². The second kappa shape index (κ2) is 3.69. The molecule has 2 N–H and O–H groups in total. The van der Waals surface area contributed by atoms with Crippen LogP contribution < -0.4 is 0 Å². The van der Waals surface area contributed by atoms with E-state index in [1.54, 1.807) is 6.92 Å². The van der Waals surface area contributed by atoms with Crippen molar-refractivity contribution >= 4 is 7.12 Å². The molecule has 0 aliphatic heterocycles. The first-order valence-corrected chi connectivity index (χ1v) is 3.13. The lowest BCUT2D eigenvalue weighted by Gasteiger charge is -2.10. The molecule has 2 nitrogen and oxygen atoms in total. The SMILES string of the molecule is C=C(CC)C(C)B(O)O. The molecule has 0 radical (unpaired) electrons. The molecule has 0 aromatic rings.